The maximum atomic E-state index is 12.0. The van der Waals surface area contributed by atoms with Gasteiger partial charge in [0.15, 0.2) is 0 Å². The van der Waals surface area contributed by atoms with Crippen LogP contribution in [0.4, 0.5) is 5.69 Å². The minimum atomic E-state index is 0.0275. The smallest absolute Gasteiger partial charge is 0.225 e. The zero-order valence-electron chi connectivity index (χ0n) is 12.5. The van der Waals surface area contributed by atoms with Crippen molar-refractivity contribution < 1.29 is 4.79 Å². The van der Waals surface area contributed by atoms with Crippen LogP contribution in [0.3, 0.4) is 0 Å². The molecule has 22 heavy (non-hydrogen) atoms. The molecule has 1 aliphatic rings. The average Bonchev–Trinajstić information content (AvgIpc) is 3.03. The van der Waals surface area contributed by atoms with Gasteiger partial charge in [-0.2, -0.15) is 0 Å². The Balaban J connectivity index is 1.53. The van der Waals surface area contributed by atoms with Crippen molar-refractivity contribution in [3.8, 4) is 0 Å². The summed E-state index contributed by atoms with van der Waals surface area (Å²) in [6.07, 6.45) is 7.94. The van der Waals surface area contributed by atoms with Gasteiger partial charge in [0.05, 0.1) is 23.6 Å². The third-order valence-corrected chi connectivity index (χ3v) is 3.96. The monoisotopic (exact) mass is 296 g/mol. The molecular formula is C17H20N4O. The molecule has 1 N–H and O–H groups in total. The predicted octanol–water partition coefficient (Wildman–Crippen LogP) is 2.64. The largest absolute Gasteiger partial charge is 0.325 e. The lowest BCUT2D eigenvalue weighted by molar-refractivity contribution is -0.116. The van der Waals surface area contributed by atoms with Crippen LogP contribution in [0.5, 0.6) is 0 Å². The number of carbonyl (C=O) groups is 1. The molecule has 3 heterocycles. The van der Waals surface area contributed by atoms with Crippen molar-refractivity contribution in [2.45, 2.75) is 25.3 Å². The van der Waals surface area contributed by atoms with Gasteiger partial charge in [0.1, 0.15) is 0 Å². The summed E-state index contributed by atoms with van der Waals surface area (Å²) in [6, 6.07) is 10.0. The normalized spacial score (nSPS) is 18.3. The Morgan fingerprint density at radius 2 is 2.23 bits per heavy atom. The van der Waals surface area contributed by atoms with Gasteiger partial charge < -0.3 is 5.32 Å². The van der Waals surface area contributed by atoms with Crippen LogP contribution in [-0.2, 0) is 4.79 Å². The summed E-state index contributed by atoms with van der Waals surface area (Å²) >= 11 is 0. The van der Waals surface area contributed by atoms with Crippen molar-refractivity contribution in [1.82, 2.24) is 14.9 Å². The van der Waals surface area contributed by atoms with Crippen LogP contribution in [-0.4, -0.2) is 33.9 Å². The minimum Gasteiger partial charge on any atom is -0.325 e. The number of hydrogen-bond acceptors (Lipinski definition) is 4. The number of hydrogen-bond donors (Lipinski definition) is 1. The molecule has 0 bridgehead atoms. The van der Waals surface area contributed by atoms with Gasteiger partial charge in [0.25, 0.3) is 0 Å². The Morgan fingerprint density at radius 3 is 3.00 bits per heavy atom. The highest BCUT2D eigenvalue weighted by molar-refractivity contribution is 5.90. The Bertz CT molecular complexity index is 603. The summed E-state index contributed by atoms with van der Waals surface area (Å²) in [7, 11) is 0. The van der Waals surface area contributed by atoms with Crippen molar-refractivity contribution >= 4 is 11.6 Å². The van der Waals surface area contributed by atoms with Crippen molar-refractivity contribution in [3.05, 3.63) is 54.6 Å². The molecule has 2 aromatic rings. The van der Waals surface area contributed by atoms with Gasteiger partial charge in [0, 0.05) is 25.4 Å². The van der Waals surface area contributed by atoms with Crippen LogP contribution in [0.2, 0.25) is 0 Å². The van der Waals surface area contributed by atoms with Crippen LogP contribution in [0.15, 0.2) is 48.9 Å². The first kappa shape index (κ1) is 14.7. The molecule has 0 spiro atoms. The second-order valence-corrected chi connectivity index (χ2v) is 5.49. The van der Waals surface area contributed by atoms with Crippen LogP contribution in [0, 0.1) is 0 Å². The van der Waals surface area contributed by atoms with E-state index in [0.29, 0.717) is 12.5 Å². The molecular weight excluding hydrogens is 276 g/mol. The molecule has 0 saturated carbocycles. The number of rotatable bonds is 5. The number of anilines is 1. The van der Waals surface area contributed by atoms with Gasteiger partial charge >= 0.3 is 0 Å². The lowest BCUT2D eigenvalue weighted by Gasteiger charge is -2.23. The maximum Gasteiger partial charge on any atom is 0.225 e. The summed E-state index contributed by atoms with van der Waals surface area (Å²) in [4.78, 5) is 22.8. The first-order valence-electron chi connectivity index (χ1n) is 7.68. The third-order valence-electron chi connectivity index (χ3n) is 3.96. The third kappa shape index (κ3) is 3.68. The van der Waals surface area contributed by atoms with Gasteiger partial charge in [0.2, 0.25) is 5.91 Å². The molecule has 1 saturated heterocycles. The summed E-state index contributed by atoms with van der Waals surface area (Å²) in [5.74, 6) is 0.0275. The Labute approximate surface area is 130 Å². The van der Waals surface area contributed by atoms with Crippen molar-refractivity contribution in [1.29, 1.82) is 0 Å². The first-order chi connectivity index (χ1) is 10.8. The van der Waals surface area contributed by atoms with E-state index in [-0.39, 0.29) is 5.91 Å². The molecule has 2 aromatic heterocycles. The van der Waals surface area contributed by atoms with Gasteiger partial charge in [-0.05, 0) is 43.7 Å². The van der Waals surface area contributed by atoms with Gasteiger partial charge in [-0.25, -0.2) is 0 Å². The number of amides is 1. The number of pyridine rings is 2. The fourth-order valence-electron chi connectivity index (χ4n) is 2.91. The van der Waals surface area contributed by atoms with E-state index in [0.717, 1.165) is 37.3 Å². The van der Waals surface area contributed by atoms with Crippen LogP contribution in [0.1, 0.15) is 31.0 Å². The Kier molecular flexibility index (Phi) is 4.75. The zero-order chi connectivity index (χ0) is 15.2. The zero-order valence-corrected chi connectivity index (χ0v) is 12.5. The molecule has 0 aliphatic carbocycles. The number of nitrogens with one attached hydrogen (secondary N) is 1. The summed E-state index contributed by atoms with van der Waals surface area (Å²) in [5.41, 5.74) is 1.85. The molecule has 0 unspecified atom stereocenters. The van der Waals surface area contributed by atoms with E-state index < -0.39 is 0 Å². The molecule has 1 aliphatic heterocycles. The SMILES string of the molecule is O=C(CCN1CCC[C@@H]1c1ccccn1)Nc1cccnc1. The predicted molar refractivity (Wildman–Crippen MR) is 85.3 cm³/mol. The molecule has 3 rings (SSSR count). The van der Waals surface area contributed by atoms with E-state index in [2.05, 4.69) is 26.3 Å². The Morgan fingerprint density at radius 1 is 1.27 bits per heavy atom. The van der Waals surface area contributed by atoms with Crippen LogP contribution in [0.25, 0.3) is 0 Å². The highest BCUT2D eigenvalue weighted by atomic mass is 16.1. The number of likely N-dealkylation sites (tertiary alicyclic amines) is 1. The van der Waals surface area contributed by atoms with Gasteiger partial charge in [-0.1, -0.05) is 6.07 Å². The second-order valence-electron chi connectivity index (χ2n) is 5.49. The van der Waals surface area contributed by atoms with Crippen LogP contribution < -0.4 is 5.32 Å². The molecule has 0 radical (unpaired) electrons. The summed E-state index contributed by atoms with van der Waals surface area (Å²) < 4.78 is 0. The number of nitrogens with zero attached hydrogens (tertiary/aromatic N) is 3. The second kappa shape index (κ2) is 7.13. The topological polar surface area (TPSA) is 58.1 Å². The van der Waals surface area contributed by atoms with E-state index in [1.54, 1.807) is 12.4 Å². The van der Waals surface area contributed by atoms with Crippen molar-refractivity contribution in [2.75, 3.05) is 18.4 Å². The van der Waals surface area contributed by atoms with Crippen LogP contribution >= 0.6 is 0 Å². The van der Waals surface area contributed by atoms with Gasteiger partial charge in [-0.15, -0.1) is 0 Å². The summed E-state index contributed by atoms with van der Waals surface area (Å²) in [6.45, 7) is 1.79. The molecule has 5 heteroatoms. The highest BCUT2D eigenvalue weighted by Gasteiger charge is 2.26. The fraction of sp³-hybridized carbons (Fsp3) is 0.353. The maximum absolute atomic E-state index is 12.0. The van der Waals surface area contributed by atoms with E-state index >= 15 is 0 Å². The summed E-state index contributed by atoms with van der Waals surface area (Å²) in [5, 5.41) is 2.88. The Hall–Kier alpha value is -2.27. The minimum absolute atomic E-state index is 0.0275. The van der Waals surface area contributed by atoms with Gasteiger partial charge in [-0.3, -0.25) is 19.7 Å². The highest BCUT2D eigenvalue weighted by Crippen LogP contribution is 2.30. The molecule has 0 aromatic carbocycles. The lowest BCUT2D eigenvalue weighted by Crippen LogP contribution is -2.28. The molecule has 1 atom stereocenters. The van der Waals surface area contributed by atoms with Crippen molar-refractivity contribution in [3.63, 3.8) is 0 Å². The molecule has 1 fully saturated rings. The molecule has 1 amide bonds. The average molecular weight is 296 g/mol. The molecule has 5 nitrogen and oxygen atoms in total. The van der Waals surface area contributed by atoms with E-state index in [1.165, 1.54) is 0 Å². The van der Waals surface area contributed by atoms with Crippen molar-refractivity contribution in [2.24, 2.45) is 0 Å². The number of aromatic nitrogens is 2. The molecule has 114 valence electrons. The standard InChI is InChI=1S/C17H20N4O/c22-17(20-14-5-3-9-18-13-14)8-12-21-11-4-7-16(21)15-6-1-2-10-19-15/h1-3,5-6,9-10,13,16H,4,7-8,11-12H2,(H,20,22)/t16-/m1/s1. The number of carbonyl (C=O) groups excluding carboxylic acids is 1. The first-order valence-corrected chi connectivity index (χ1v) is 7.68. The quantitative estimate of drug-likeness (QED) is 0.921. The van der Waals surface area contributed by atoms with E-state index in [9.17, 15) is 4.79 Å². The van der Waals surface area contributed by atoms with E-state index in [1.807, 2.05) is 30.5 Å². The van der Waals surface area contributed by atoms with E-state index in [4.69, 9.17) is 0 Å². The lowest BCUT2D eigenvalue weighted by atomic mass is 10.1. The fourth-order valence-corrected chi connectivity index (χ4v) is 2.91.